The van der Waals surface area contributed by atoms with Gasteiger partial charge < -0.3 is 4.74 Å². The molecule has 2 aliphatic heterocycles. The number of ketones is 1. The van der Waals surface area contributed by atoms with Crippen LogP contribution in [0.2, 0.25) is 0 Å². The lowest BCUT2D eigenvalue weighted by atomic mass is 10.0. The number of aryl methyl sites for hydroxylation is 1. The van der Waals surface area contributed by atoms with Gasteiger partial charge in [-0.1, -0.05) is 13.0 Å². The first-order valence-electron chi connectivity index (χ1n) is 6.66. The highest BCUT2D eigenvalue weighted by Crippen LogP contribution is 2.33. The van der Waals surface area contributed by atoms with E-state index in [4.69, 9.17) is 4.74 Å². The third-order valence-electron chi connectivity index (χ3n) is 4.03. The van der Waals surface area contributed by atoms with Gasteiger partial charge in [-0.15, -0.1) is 0 Å². The second-order valence-corrected chi connectivity index (χ2v) is 5.58. The average molecular weight is 245 g/mol. The van der Waals surface area contributed by atoms with Gasteiger partial charge in [-0.2, -0.15) is 0 Å². The predicted octanol–water partition coefficient (Wildman–Crippen LogP) is 2.41. The summed E-state index contributed by atoms with van der Waals surface area (Å²) >= 11 is 0. The summed E-state index contributed by atoms with van der Waals surface area (Å²) in [6, 6.07) is 3.94. The number of hydrogen-bond donors (Lipinski definition) is 0. The Hall–Kier alpha value is -1.35. The maximum absolute atomic E-state index is 11.7. The van der Waals surface area contributed by atoms with Crippen molar-refractivity contribution in [3.8, 4) is 5.75 Å². The molecule has 0 radical (unpaired) electrons. The molecule has 18 heavy (non-hydrogen) atoms. The van der Waals surface area contributed by atoms with E-state index in [1.165, 1.54) is 17.5 Å². The van der Waals surface area contributed by atoms with Gasteiger partial charge in [0, 0.05) is 18.7 Å². The summed E-state index contributed by atoms with van der Waals surface area (Å²) in [5.74, 6) is 1.73. The first kappa shape index (κ1) is 11.7. The van der Waals surface area contributed by atoms with Gasteiger partial charge in [0.15, 0.2) is 6.61 Å². The van der Waals surface area contributed by atoms with Crippen LogP contribution in [0, 0.1) is 12.8 Å². The van der Waals surface area contributed by atoms with Gasteiger partial charge in [0.2, 0.25) is 5.78 Å². The Kier molecular flexibility index (Phi) is 2.86. The van der Waals surface area contributed by atoms with Crippen molar-refractivity contribution in [2.45, 2.75) is 26.8 Å². The number of fused-ring (bicyclic) bond motifs is 1. The normalized spacial score (nSPS) is 23.2. The van der Waals surface area contributed by atoms with Crippen LogP contribution in [0.3, 0.4) is 0 Å². The van der Waals surface area contributed by atoms with Gasteiger partial charge in [0.1, 0.15) is 5.75 Å². The van der Waals surface area contributed by atoms with Crippen molar-refractivity contribution in [2.24, 2.45) is 5.92 Å². The predicted molar refractivity (Wildman–Crippen MR) is 70.1 cm³/mol. The molecule has 0 saturated carbocycles. The molecule has 0 amide bonds. The zero-order valence-corrected chi connectivity index (χ0v) is 11.0. The molecule has 0 N–H and O–H groups in total. The van der Waals surface area contributed by atoms with Crippen LogP contribution in [0.25, 0.3) is 0 Å². The van der Waals surface area contributed by atoms with Crippen molar-refractivity contribution in [3.05, 3.63) is 28.8 Å². The van der Waals surface area contributed by atoms with Crippen molar-refractivity contribution in [1.29, 1.82) is 0 Å². The second-order valence-electron chi connectivity index (χ2n) is 5.58. The lowest BCUT2D eigenvalue weighted by molar-refractivity contribution is 0.0961. The number of hydrogen-bond acceptors (Lipinski definition) is 3. The fourth-order valence-corrected chi connectivity index (χ4v) is 2.92. The van der Waals surface area contributed by atoms with Crippen molar-refractivity contribution < 1.29 is 9.53 Å². The molecule has 1 fully saturated rings. The fraction of sp³-hybridized carbons (Fsp3) is 0.533. The van der Waals surface area contributed by atoms with Crippen LogP contribution in [0.1, 0.15) is 34.8 Å². The molecular formula is C15H19NO2. The van der Waals surface area contributed by atoms with Crippen molar-refractivity contribution in [3.63, 3.8) is 0 Å². The Balaban J connectivity index is 1.90. The molecule has 0 aromatic heterocycles. The lowest BCUT2D eigenvalue weighted by Gasteiger charge is -2.18. The van der Waals surface area contributed by atoms with E-state index in [2.05, 4.69) is 18.7 Å². The molecular weight excluding hydrogens is 226 g/mol. The van der Waals surface area contributed by atoms with Crippen LogP contribution in [-0.4, -0.2) is 30.4 Å². The third kappa shape index (κ3) is 1.93. The molecule has 1 atom stereocenters. The molecule has 0 bridgehead atoms. The van der Waals surface area contributed by atoms with E-state index in [-0.39, 0.29) is 12.4 Å². The highest BCUT2D eigenvalue weighted by atomic mass is 16.5. The first-order valence-corrected chi connectivity index (χ1v) is 6.66. The van der Waals surface area contributed by atoms with Crippen LogP contribution in [0.5, 0.6) is 5.75 Å². The minimum absolute atomic E-state index is 0.112. The molecule has 2 aliphatic rings. The molecule has 0 aliphatic carbocycles. The zero-order chi connectivity index (χ0) is 12.7. The molecule has 1 aromatic rings. The SMILES string of the molecule is Cc1ccc2c(c1CN1CCC(C)C1)OCC2=O. The topological polar surface area (TPSA) is 29.5 Å². The quantitative estimate of drug-likeness (QED) is 0.801. The first-order chi connectivity index (χ1) is 8.65. The molecule has 2 heterocycles. The molecule has 0 spiro atoms. The van der Waals surface area contributed by atoms with Crippen LogP contribution in [0.15, 0.2) is 12.1 Å². The summed E-state index contributed by atoms with van der Waals surface area (Å²) in [6.07, 6.45) is 1.27. The highest BCUT2D eigenvalue weighted by molar-refractivity contribution is 6.02. The van der Waals surface area contributed by atoms with E-state index in [0.717, 1.165) is 36.9 Å². The molecule has 1 saturated heterocycles. The van der Waals surface area contributed by atoms with Gasteiger partial charge in [0.25, 0.3) is 0 Å². The van der Waals surface area contributed by atoms with Gasteiger partial charge in [0.05, 0.1) is 5.56 Å². The van der Waals surface area contributed by atoms with Crippen LogP contribution >= 0.6 is 0 Å². The fourth-order valence-electron chi connectivity index (χ4n) is 2.92. The van der Waals surface area contributed by atoms with Gasteiger partial charge in [-0.3, -0.25) is 9.69 Å². The van der Waals surface area contributed by atoms with E-state index in [1.54, 1.807) is 0 Å². The van der Waals surface area contributed by atoms with Crippen molar-refractivity contribution >= 4 is 5.78 Å². The Morgan fingerprint density at radius 2 is 2.28 bits per heavy atom. The molecule has 3 nitrogen and oxygen atoms in total. The molecule has 1 aromatic carbocycles. The summed E-state index contributed by atoms with van der Waals surface area (Å²) < 4.78 is 5.58. The maximum Gasteiger partial charge on any atom is 0.203 e. The number of benzene rings is 1. The van der Waals surface area contributed by atoms with E-state index >= 15 is 0 Å². The summed E-state index contributed by atoms with van der Waals surface area (Å²) in [4.78, 5) is 14.1. The number of carbonyl (C=O) groups is 1. The number of Topliss-reactive ketones (excluding diaryl/α,β-unsaturated/α-hetero) is 1. The van der Waals surface area contributed by atoms with E-state index in [1.807, 2.05) is 12.1 Å². The van der Waals surface area contributed by atoms with Crippen LogP contribution in [0.4, 0.5) is 0 Å². The smallest absolute Gasteiger partial charge is 0.203 e. The Bertz CT molecular complexity index is 496. The summed E-state index contributed by atoms with van der Waals surface area (Å²) in [5.41, 5.74) is 3.19. The van der Waals surface area contributed by atoms with Crippen molar-refractivity contribution in [2.75, 3.05) is 19.7 Å². The lowest BCUT2D eigenvalue weighted by Crippen LogP contribution is -2.20. The zero-order valence-electron chi connectivity index (χ0n) is 11.0. The number of rotatable bonds is 2. The van der Waals surface area contributed by atoms with Crippen LogP contribution < -0.4 is 4.74 Å². The second kappa shape index (κ2) is 4.39. The van der Waals surface area contributed by atoms with E-state index in [9.17, 15) is 4.79 Å². The Labute approximate surface area is 108 Å². The van der Waals surface area contributed by atoms with Gasteiger partial charge >= 0.3 is 0 Å². The third-order valence-corrected chi connectivity index (χ3v) is 4.03. The maximum atomic E-state index is 11.7. The minimum atomic E-state index is 0.112. The molecule has 3 rings (SSSR count). The van der Waals surface area contributed by atoms with Crippen LogP contribution in [-0.2, 0) is 6.54 Å². The van der Waals surface area contributed by atoms with Gasteiger partial charge in [-0.05, 0) is 37.4 Å². The van der Waals surface area contributed by atoms with Gasteiger partial charge in [-0.25, -0.2) is 0 Å². The average Bonchev–Trinajstić information content (AvgIpc) is 2.90. The molecule has 1 unspecified atom stereocenters. The Morgan fingerprint density at radius 3 is 3.00 bits per heavy atom. The largest absolute Gasteiger partial charge is 0.484 e. The monoisotopic (exact) mass is 245 g/mol. The van der Waals surface area contributed by atoms with Crippen molar-refractivity contribution in [1.82, 2.24) is 4.90 Å². The number of carbonyl (C=O) groups excluding carboxylic acids is 1. The Morgan fingerprint density at radius 1 is 1.44 bits per heavy atom. The summed E-state index contributed by atoms with van der Waals surface area (Å²) in [5, 5.41) is 0. The highest BCUT2D eigenvalue weighted by Gasteiger charge is 2.27. The standard InChI is InChI=1S/C15H19NO2/c1-10-5-6-16(7-10)8-13-11(2)3-4-12-14(17)9-18-15(12)13/h3-4,10H,5-9H2,1-2H3. The van der Waals surface area contributed by atoms with E-state index < -0.39 is 0 Å². The minimum Gasteiger partial charge on any atom is -0.484 e. The molecule has 3 heteroatoms. The summed E-state index contributed by atoms with van der Waals surface area (Å²) in [7, 11) is 0. The number of ether oxygens (including phenoxy) is 1. The number of likely N-dealkylation sites (tertiary alicyclic amines) is 1. The summed E-state index contributed by atoms with van der Waals surface area (Å²) in [6.45, 7) is 7.81. The number of nitrogens with zero attached hydrogens (tertiary/aromatic N) is 1. The van der Waals surface area contributed by atoms with E-state index in [0.29, 0.717) is 0 Å². The molecule has 96 valence electrons.